The van der Waals surface area contributed by atoms with Crippen LogP contribution in [-0.2, 0) is 4.79 Å². The summed E-state index contributed by atoms with van der Waals surface area (Å²) in [6, 6.07) is 0. The molecule has 1 aliphatic heterocycles. The molecule has 1 saturated heterocycles. The van der Waals surface area contributed by atoms with Gasteiger partial charge in [0.15, 0.2) is 0 Å². The van der Waals surface area contributed by atoms with Crippen molar-refractivity contribution in [3.05, 3.63) is 0 Å². The first kappa shape index (κ1) is 9.27. The topological polar surface area (TPSA) is 61.4 Å². The first-order chi connectivity index (χ1) is 5.38. The van der Waals surface area contributed by atoms with Crippen LogP contribution in [0.25, 0.3) is 0 Å². The summed E-state index contributed by atoms with van der Waals surface area (Å²) in [5.41, 5.74) is -3.43. The van der Waals surface area contributed by atoms with E-state index in [9.17, 15) is 18.0 Å². The average Bonchev–Trinajstić information content (AvgIpc) is 1.93. The fraction of sp³-hybridized carbons (Fsp3) is 0.800. The smallest absolute Gasteiger partial charge is 0.360 e. The number of aliphatic hydroxyl groups is 1. The van der Waals surface area contributed by atoms with Crippen molar-refractivity contribution in [1.82, 2.24) is 10.6 Å². The molecule has 0 aromatic carbocycles. The van der Waals surface area contributed by atoms with Crippen LogP contribution in [0.15, 0.2) is 0 Å². The van der Waals surface area contributed by atoms with E-state index >= 15 is 0 Å². The van der Waals surface area contributed by atoms with Crippen molar-refractivity contribution in [2.24, 2.45) is 0 Å². The van der Waals surface area contributed by atoms with Crippen molar-refractivity contribution in [2.45, 2.75) is 11.9 Å². The third kappa shape index (κ3) is 1.25. The van der Waals surface area contributed by atoms with Gasteiger partial charge in [0.2, 0.25) is 0 Å². The Labute approximate surface area is 65.7 Å². The monoisotopic (exact) mass is 184 g/mol. The number of nitrogens with one attached hydrogen (secondary N) is 2. The summed E-state index contributed by atoms with van der Waals surface area (Å²) < 4.78 is 36.0. The first-order valence-electron chi connectivity index (χ1n) is 3.20. The zero-order valence-corrected chi connectivity index (χ0v) is 5.90. The second-order valence-electron chi connectivity index (χ2n) is 2.39. The minimum absolute atomic E-state index is 0.0806. The van der Waals surface area contributed by atoms with Crippen molar-refractivity contribution in [2.75, 3.05) is 13.1 Å². The highest BCUT2D eigenvalue weighted by Crippen LogP contribution is 2.28. The van der Waals surface area contributed by atoms with Crippen LogP contribution >= 0.6 is 0 Å². The van der Waals surface area contributed by atoms with E-state index in [1.807, 2.05) is 5.32 Å². The average molecular weight is 184 g/mol. The maximum absolute atomic E-state index is 12.0. The van der Waals surface area contributed by atoms with E-state index < -0.39 is 17.8 Å². The molecule has 0 spiro atoms. The quantitative estimate of drug-likeness (QED) is 0.450. The lowest BCUT2D eigenvalue weighted by molar-refractivity contribution is -0.264. The summed E-state index contributed by atoms with van der Waals surface area (Å²) in [6.07, 6.45) is -4.99. The zero-order chi connectivity index (χ0) is 9.41. The van der Waals surface area contributed by atoms with Gasteiger partial charge in [0.05, 0.1) is 0 Å². The molecule has 3 N–H and O–H groups in total. The van der Waals surface area contributed by atoms with E-state index in [1.165, 1.54) is 0 Å². The molecule has 12 heavy (non-hydrogen) atoms. The van der Waals surface area contributed by atoms with Crippen LogP contribution in [0, 0.1) is 0 Å². The molecule has 1 amide bonds. The third-order valence-corrected chi connectivity index (χ3v) is 1.53. The number of piperazine rings is 1. The highest BCUT2D eigenvalue weighted by molar-refractivity contribution is 5.86. The van der Waals surface area contributed by atoms with E-state index in [4.69, 9.17) is 5.11 Å². The highest BCUT2D eigenvalue weighted by atomic mass is 19.4. The standard InChI is InChI=1S/C5H7F3N2O2/c6-5(7,8)4(12)3(11)9-1-2-10-4/h10,12H,1-2H2,(H,9,11)/t4-/m0/s1. The SMILES string of the molecule is O=C1NCCN[C@@]1(O)C(F)(F)F. The molecule has 0 aromatic heterocycles. The van der Waals surface area contributed by atoms with Gasteiger partial charge in [0, 0.05) is 13.1 Å². The molecule has 0 aliphatic carbocycles. The van der Waals surface area contributed by atoms with Gasteiger partial charge in [-0.25, -0.2) is 0 Å². The minimum atomic E-state index is -4.99. The molecular formula is C5H7F3N2O2. The van der Waals surface area contributed by atoms with Crippen LogP contribution in [0.1, 0.15) is 0 Å². The number of carbonyl (C=O) groups excluding carboxylic acids is 1. The van der Waals surface area contributed by atoms with Crippen molar-refractivity contribution >= 4 is 5.91 Å². The number of hydrogen-bond donors (Lipinski definition) is 3. The fourth-order valence-corrected chi connectivity index (χ4v) is 0.857. The van der Waals surface area contributed by atoms with E-state index in [0.29, 0.717) is 0 Å². The Morgan fingerprint density at radius 3 is 2.33 bits per heavy atom. The molecule has 7 heteroatoms. The fourth-order valence-electron chi connectivity index (χ4n) is 0.857. The molecule has 0 unspecified atom stereocenters. The third-order valence-electron chi connectivity index (χ3n) is 1.53. The molecule has 1 fully saturated rings. The number of alkyl halides is 3. The number of halogens is 3. The summed E-state index contributed by atoms with van der Waals surface area (Å²) in [4.78, 5) is 10.6. The molecule has 0 bridgehead atoms. The van der Waals surface area contributed by atoms with Crippen molar-refractivity contribution in [1.29, 1.82) is 0 Å². The second kappa shape index (κ2) is 2.60. The minimum Gasteiger partial charge on any atom is -0.360 e. The van der Waals surface area contributed by atoms with Gasteiger partial charge in [-0.05, 0) is 0 Å². The zero-order valence-electron chi connectivity index (χ0n) is 5.90. The summed E-state index contributed by atoms with van der Waals surface area (Å²) in [7, 11) is 0. The van der Waals surface area contributed by atoms with Crippen molar-refractivity contribution in [3.63, 3.8) is 0 Å². The molecule has 0 saturated carbocycles. The summed E-state index contributed by atoms with van der Waals surface area (Å²) >= 11 is 0. The molecular weight excluding hydrogens is 177 g/mol. The van der Waals surface area contributed by atoms with E-state index in [2.05, 4.69) is 0 Å². The van der Waals surface area contributed by atoms with Crippen molar-refractivity contribution < 1.29 is 23.1 Å². The normalized spacial score (nSPS) is 31.5. The van der Waals surface area contributed by atoms with Crippen LogP contribution in [0.3, 0.4) is 0 Å². The Morgan fingerprint density at radius 2 is 2.00 bits per heavy atom. The van der Waals surface area contributed by atoms with Gasteiger partial charge in [-0.3, -0.25) is 10.1 Å². The number of carbonyl (C=O) groups is 1. The molecule has 0 radical (unpaired) electrons. The molecule has 4 nitrogen and oxygen atoms in total. The molecule has 0 aromatic rings. The molecule has 1 heterocycles. The Bertz CT molecular complexity index is 205. The lowest BCUT2D eigenvalue weighted by Gasteiger charge is -2.33. The predicted molar refractivity (Wildman–Crippen MR) is 32.0 cm³/mol. The maximum Gasteiger partial charge on any atom is 0.440 e. The van der Waals surface area contributed by atoms with Crippen LogP contribution in [0.2, 0.25) is 0 Å². The van der Waals surface area contributed by atoms with Gasteiger partial charge in [0.25, 0.3) is 11.6 Å². The van der Waals surface area contributed by atoms with Crippen LogP contribution in [0.5, 0.6) is 0 Å². The number of rotatable bonds is 0. The maximum atomic E-state index is 12.0. The Balaban J connectivity index is 2.87. The number of amides is 1. The van der Waals surface area contributed by atoms with Crippen LogP contribution in [-0.4, -0.2) is 36.0 Å². The van der Waals surface area contributed by atoms with Crippen LogP contribution < -0.4 is 10.6 Å². The molecule has 70 valence electrons. The van der Waals surface area contributed by atoms with E-state index in [1.54, 1.807) is 5.32 Å². The van der Waals surface area contributed by atoms with Gasteiger partial charge in [-0.15, -0.1) is 0 Å². The molecule has 1 aliphatic rings. The second-order valence-corrected chi connectivity index (χ2v) is 2.39. The van der Waals surface area contributed by atoms with E-state index in [-0.39, 0.29) is 13.1 Å². The van der Waals surface area contributed by atoms with Gasteiger partial charge in [0.1, 0.15) is 0 Å². The lowest BCUT2D eigenvalue weighted by Crippen LogP contribution is -2.70. The van der Waals surface area contributed by atoms with Crippen LogP contribution in [0.4, 0.5) is 13.2 Å². The predicted octanol–water partition coefficient (Wildman–Crippen LogP) is -1.04. The molecule has 1 atom stereocenters. The van der Waals surface area contributed by atoms with Crippen molar-refractivity contribution in [3.8, 4) is 0 Å². The Morgan fingerprint density at radius 1 is 1.42 bits per heavy atom. The Kier molecular flexibility index (Phi) is 2.01. The molecule has 1 rings (SSSR count). The largest absolute Gasteiger partial charge is 0.440 e. The lowest BCUT2D eigenvalue weighted by atomic mass is 10.1. The highest BCUT2D eigenvalue weighted by Gasteiger charge is 2.60. The van der Waals surface area contributed by atoms with Gasteiger partial charge in [-0.1, -0.05) is 0 Å². The first-order valence-corrected chi connectivity index (χ1v) is 3.20. The van der Waals surface area contributed by atoms with Gasteiger partial charge < -0.3 is 10.4 Å². The summed E-state index contributed by atoms with van der Waals surface area (Å²) in [5, 5.41) is 12.4. The summed E-state index contributed by atoms with van der Waals surface area (Å²) in [6.45, 7) is -0.0288. The summed E-state index contributed by atoms with van der Waals surface area (Å²) in [5.74, 6) is -1.46. The Hall–Kier alpha value is -0.820. The number of hydrogen-bond acceptors (Lipinski definition) is 3. The van der Waals surface area contributed by atoms with E-state index in [0.717, 1.165) is 0 Å². The van der Waals surface area contributed by atoms with Gasteiger partial charge >= 0.3 is 6.18 Å². The van der Waals surface area contributed by atoms with Gasteiger partial charge in [-0.2, -0.15) is 13.2 Å².